The van der Waals surface area contributed by atoms with E-state index >= 15 is 0 Å². The fourth-order valence-electron chi connectivity index (χ4n) is 1.67. The van der Waals surface area contributed by atoms with E-state index in [2.05, 4.69) is 4.90 Å². The van der Waals surface area contributed by atoms with Gasteiger partial charge in [0, 0.05) is 46.5 Å². The zero-order valence-electron chi connectivity index (χ0n) is 8.35. The number of anilines is 1. The van der Waals surface area contributed by atoms with Crippen molar-refractivity contribution in [3.63, 3.8) is 0 Å². The van der Waals surface area contributed by atoms with Gasteiger partial charge in [0.15, 0.2) is 6.29 Å². The summed E-state index contributed by atoms with van der Waals surface area (Å²) in [5.74, 6) is 1.55. The Labute approximate surface area is 95.6 Å². The van der Waals surface area contributed by atoms with Gasteiger partial charge in [0.25, 0.3) is 0 Å². The minimum Gasteiger partial charge on any atom is -0.370 e. The summed E-state index contributed by atoms with van der Waals surface area (Å²) in [5, 5.41) is 2.00. The summed E-state index contributed by atoms with van der Waals surface area (Å²) in [7, 11) is -0.655. The number of carbonyl (C=O) groups excluding carboxylic acids is 1. The maximum Gasteiger partial charge on any atom is 0.160 e. The van der Waals surface area contributed by atoms with Crippen LogP contribution in [0.25, 0.3) is 0 Å². The van der Waals surface area contributed by atoms with Gasteiger partial charge in [-0.05, 0) is 12.5 Å². The maximum absolute atomic E-state index is 11.4. The van der Waals surface area contributed by atoms with Gasteiger partial charge < -0.3 is 4.90 Å². The smallest absolute Gasteiger partial charge is 0.160 e. The van der Waals surface area contributed by atoms with Gasteiger partial charge in [-0.1, -0.05) is 0 Å². The quantitative estimate of drug-likeness (QED) is 0.739. The first kappa shape index (κ1) is 10.8. The Morgan fingerprint density at radius 1 is 1.40 bits per heavy atom. The fourth-order valence-corrected chi connectivity index (χ4v) is 3.47. The first-order chi connectivity index (χ1) is 7.29. The molecule has 1 fully saturated rings. The molecule has 5 heteroatoms. The van der Waals surface area contributed by atoms with E-state index in [1.807, 2.05) is 11.4 Å². The highest BCUT2D eigenvalue weighted by molar-refractivity contribution is 7.85. The number of hydrogen-bond acceptors (Lipinski definition) is 4. The van der Waals surface area contributed by atoms with E-state index in [0.717, 1.165) is 47.9 Å². The summed E-state index contributed by atoms with van der Waals surface area (Å²) in [6.45, 7) is 1.78. The van der Waals surface area contributed by atoms with Crippen molar-refractivity contribution in [1.82, 2.24) is 0 Å². The lowest BCUT2D eigenvalue weighted by molar-refractivity contribution is 0.112. The molecule has 1 aromatic heterocycles. The van der Waals surface area contributed by atoms with Crippen molar-refractivity contribution in [2.75, 3.05) is 29.5 Å². The van der Waals surface area contributed by atoms with Crippen molar-refractivity contribution in [2.45, 2.75) is 6.42 Å². The van der Waals surface area contributed by atoms with E-state index in [0.29, 0.717) is 0 Å². The Morgan fingerprint density at radius 3 is 3.00 bits per heavy atom. The van der Waals surface area contributed by atoms with Gasteiger partial charge in [-0.3, -0.25) is 9.00 Å². The van der Waals surface area contributed by atoms with Gasteiger partial charge >= 0.3 is 0 Å². The standard InChI is InChI=1S/C10H13NO2S2/c12-7-10-6-9(8-14-10)11-2-1-4-15(13)5-3-11/h6-8H,1-5H2. The van der Waals surface area contributed by atoms with Crippen LogP contribution < -0.4 is 4.90 Å². The summed E-state index contributed by atoms with van der Waals surface area (Å²) >= 11 is 1.47. The van der Waals surface area contributed by atoms with Crippen LogP contribution >= 0.6 is 11.3 Å². The molecular formula is C10H13NO2S2. The molecule has 0 aliphatic carbocycles. The molecule has 0 amide bonds. The number of rotatable bonds is 2. The molecule has 1 unspecified atom stereocenters. The Morgan fingerprint density at radius 2 is 2.27 bits per heavy atom. The van der Waals surface area contributed by atoms with Gasteiger partial charge in [-0.2, -0.15) is 0 Å². The van der Waals surface area contributed by atoms with Crippen LogP contribution in [0.15, 0.2) is 11.4 Å². The number of aldehydes is 1. The molecule has 3 nitrogen and oxygen atoms in total. The molecule has 1 aliphatic heterocycles. The molecule has 0 N–H and O–H groups in total. The van der Waals surface area contributed by atoms with Crippen LogP contribution in [0, 0.1) is 0 Å². The number of nitrogens with zero attached hydrogens (tertiary/aromatic N) is 1. The van der Waals surface area contributed by atoms with Crippen LogP contribution in [0.4, 0.5) is 5.69 Å². The normalized spacial score (nSPS) is 22.4. The average molecular weight is 243 g/mol. The van der Waals surface area contributed by atoms with Crippen LogP contribution in [0.1, 0.15) is 16.1 Å². The van der Waals surface area contributed by atoms with Crippen LogP contribution in [0.2, 0.25) is 0 Å². The Kier molecular flexibility index (Phi) is 3.53. The van der Waals surface area contributed by atoms with Crippen LogP contribution in [0.5, 0.6) is 0 Å². The SMILES string of the molecule is O=Cc1cc(N2CCCS(=O)CC2)cs1. The van der Waals surface area contributed by atoms with Gasteiger partial charge in [0.2, 0.25) is 0 Å². The molecule has 2 heterocycles. The molecular weight excluding hydrogens is 230 g/mol. The molecule has 0 radical (unpaired) electrons. The Hall–Kier alpha value is -0.680. The lowest BCUT2D eigenvalue weighted by Crippen LogP contribution is -2.25. The predicted octanol–water partition coefficient (Wildman–Crippen LogP) is 1.52. The molecule has 0 bridgehead atoms. The molecule has 0 spiro atoms. The summed E-state index contributed by atoms with van der Waals surface area (Å²) < 4.78 is 11.4. The molecule has 1 saturated heterocycles. The first-order valence-electron chi connectivity index (χ1n) is 4.93. The third-order valence-corrected chi connectivity index (χ3v) is 4.70. The molecule has 0 aromatic carbocycles. The predicted molar refractivity (Wildman–Crippen MR) is 64.4 cm³/mol. The molecule has 15 heavy (non-hydrogen) atoms. The molecule has 0 saturated carbocycles. The summed E-state index contributed by atoms with van der Waals surface area (Å²) in [6.07, 6.45) is 1.85. The van der Waals surface area contributed by atoms with Gasteiger partial charge in [0.1, 0.15) is 0 Å². The van der Waals surface area contributed by atoms with Crippen LogP contribution in [0.3, 0.4) is 0 Å². The second-order valence-electron chi connectivity index (χ2n) is 3.51. The molecule has 2 rings (SSSR count). The zero-order chi connectivity index (χ0) is 10.7. The average Bonchev–Trinajstić information content (AvgIpc) is 2.62. The third kappa shape index (κ3) is 2.66. The third-order valence-electron chi connectivity index (χ3n) is 2.48. The van der Waals surface area contributed by atoms with E-state index in [4.69, 9.17) is 0 Å². The topological polar surface area (TPSA) is 37.4 Å². The van der Waals surface area contributed by atoms with E-state index in [1.165, 1.54) is 11.3 Å². The summed E-state index contributed by atoms with van der Waals surface area (Å²) in [5.41, 5.74) is 1.10. The van der Waals surface area contributed by atoms with Gasteiger partial charge in [-0.15, -0.1) is 11.3 Å². The second-order valence-corrected chi connectivity index (χ2v) is 6.15. The van der Waals surface area contributed by atoms with Crippen molar-refractivity contribution >= 4 is 34.1 Å². The van der Waals surface area contributed by atoms with E-state index < -0.39 is 10.8 Å². The largest absolute Gasteiger partial charge is 0.370 e. The molecule has 1 aromatic rings. The summed E-state index contributed by atoms with van der Waals surface area (Å²) in [4.78, 5) is 13.5. The number of hydrogen-bond donors (Lipinski definition) is 0. The fraction of sp³-hybridized carbons (Fsp3) is 0.500. The summed E-state index contributed by atoms with van der Waals surface area (Å²) in [6, 6.07) is 1.91. The highest BCUT2D eigenvalue weighted by Gasteiger charge is 2.14. The van der Waals surface area contributed by atoms with Gasteiger partial charge in [-0.25, -0.2) is 0 Å². The van der Waals surface area contributed by atoms with E-state index in [1.54, 1.807) is 0 Å². The number of thiophene rings is 1. The lowest BCUT2D eigenvalue weighted by Gasteiger charge is -2.19. The monoisotopic (exact) mass is 243 g/mol. The van der Waals surface area contributed by atoms with Crippen LogP contribution in [-0.2, 0) is 10.8 Å². The van der Waals surface area contributed by atoms with Crippen molar-refractivity contribution in [3.05, 3.63) is 16.3 Å². The highest BCUT2D eigenvalue weighted by Crippen LogP contribution is 2.23. The van der Waals surface area contributed by atoms with E-state index in [9.17, 15) is 9.00 Å². The van der Waals surface area contributed by atoms with E-state index in [-0.39, 0.29) is 0 Å². The Balaban J connectivity index is 2.09. The minimum atomic E-state index is -0.655. The van der Waals surface area contributed by atoms with Crippen molar-refractivity contribution in [3.8, 4) is 0 Å². The van der Waals surface area contributed by atoms with Gasteiger partial charge in [0.05, 0.1) is 4.88 Å². The second kappa shape index (κ2) is 4.90. The molecule has 1 aliphatic rings. The minimum absolute atomic E-state index is 0.655. The molecule has 1 atom stereocenters. The van der Waals surface area contributed by atoms with Crippen molar-refractivity contribution in [1.29, 1.82) is 0 Å². The highest BCUT2D eigenvalue weighted by atomic mass is 32.2. The number of carbonyl (C=O) groups is 1. The maximum atomic E-state index is 11.4. The zero-order valence-corrected chi connectivity index (χ0v) is 9.98. The van der Waals surface area contributed by atoms with Crippen LogP contribution in [-0.4, -0.2) is 35.1 Å². The van der Waals surface area contributed by atoms with Crippen molar-refractivity contribution in [2.24, 2.45) is 0 Å². The Bertz CT molecular complexity index is 375. The first-order valence-corrected chi connectivity index (χ1v) is 7.30. The van der Waals surface area contributed by atoms with Crippen molar-refractivity contribution < 1.29 is 9.00 Å². The molecule has 82 valence electrons. The lowest BCUT2D eigenvalue weighted by atomic mass is 10.3.